The number of hydrogen-bond acceptors (Lipinski definition) is 2. The second kappa shape index (κ2) is 6.64. The summed E-state index contributed by atoms with van der Waals surface area (Å²) in [5.41, 5.74) is 1.14. The fourth-order valence-corrected chi connectivity index (χ4v) is 3.27. The highest BCUT2D eigenvalue weighted by Crippen LogP contribution is 2.41. The van der Waals surface area contributed by atoms with Crippen LogP contribution in [0.5, 0.6) is 5.75 Å². The molecule has 0 saturated carbocycles. The molecule has 0 atom stereocenters. The van der Waals surface area contributed by atoms with Gasteiger partial charge in [-0.15, -0.1) is 0 Å². The first-order valence-corrected chi connectivity index (χ1v) is 8.39. The summed E-state index contributed by atoms with van der Waals surface area (Å²) in [7, 11) is 0. The third kappa shape index (κ3) is 3.17. The molecule has 0 radical (unpaired) electrons. The van der Waals surface area contributed by atoms with E-state index in [0.29, 0.717) is 27.6 Å². The molecule has 0 aliphatic carbocycles. The Morgan fingerprint density at radius 3 is 2.21 bits per heavy atom. The van der Waals surface area contributed by atoms with Crippen LogP contribution in [0.25, 0.3) is 33.2 Å². The predicted octanol–water partition coefficient (Wildman–Crippen LogP) is 6.43. The van der Waals surface area contributed by atoms with Gasteiger partial charge in [-0.05, 0) is 41.5 Å². The molecule has 1 N–H and O–H groups in total. The average molecular weight is 383 g/mol. The van der Waals surface area contributed by atoms with Gasteiger partial charge >= 0.3 is 6.18 Å². The topological polar surface area (TPSA) is 33.1 Å². The SMILES string of the molecule is Oc1cccc(-c2c(-c3ccc(F)cc3)cnc3c(C(F)(F)F)cccc23)c1. The zero-order chi connectivity index (χ0) is 19.9. The summed E-state index contributed by atoms with van der Waals surface area (Å²) in [6.45, 7) is 0. The molecule has 0 saturated heterocycles. The molecule has 2 nitrogen and oxygen atoms in total. The van der Waals surface area contributed by atoms with Gasteiger partial charge in [-0.2, -0.15) is 13.2 Å². The number of fused-ring (bicyclic) bond motifs is 1. The monoisotopic (exact) mass is 383 g/mol. The number of nitrogens with zero attached hydrogens (tertiary/aromatic N) is 1. The van der Waals surface area contributed by atoms with Crippen LogP contribution in [0.1, 0.15) is 5.56 Å². The molecule has 0 aliphatic heterocycles. The molecular weight excluding hydrogens is 370 g/mol. The van der Waals surface area contributed by atoms with Gasteiger partial charge in [0.15, 0.2) is 0 Å². The van der Waals surface area contributed by atoms with E-state index in [-0.39, 0.29) is 11.3 Å². The molecule has 0 aliphatic rings. The second-order valence-corrected chi connectivity index (χ2v) is 6.30. The Morgan fingerprint density at radius 1 is 0.821 bits per heavy atom. The lowest BCUT2D eigenvalue weighted by Crippen LogP contribution is -2.07. The molecule has 1 heterocycles. The summed E-state index contributed by atoms with van der Waals surface area (Å²) in [6, 6.07) is 15.8. The third-order valence-corrected chi connectivity index (χ3v) is 4.49. The van der Waals surface area contributed by atoms with E-state index in [4.69, 9.17) is 0 Å². The first-order chi connectivity index (χ1) is 13.3. The largest absolute Gasteiger partial charge is 0.508 e. The Morgan fingerprint density at radius 2 is 1.54 bits per heavy atom. The van der Waals surface area contributed by atoms with Crippen molar-refractivity contribution in [3.63, 3.8) is 0 Å². The van der Waals surface area contributed by atoms with Gasteiger partial charge in [-0.3, -0.25) is 4.98 Å². The summed E-state index contributed by atoms with van der Waals surface area (Å²) in [4.78, 5) is 4.08. The molecule has 0 spiro atoms. The van der Waals surface area contributed by atoms with Crippen molar-refractivity contribution >= 4 is 10.9 Å². The van der Waals surface area contributed by atoms with Crippen LogP contribution >= 0.6 is 0 Å². The van der Waals surface area contributed by atoms with Gasteiger partial charge in [0.25, 0.3) is 0 Å². The van der Waals surface area contributed by atoms with Gasteiger partial charge < -0.3 is 5.11 Å². The smallest absolute Gasteiger partial charge is 0.418 e. The molecule has 4 rings (SSSR count). The molecule has 0 unspecified atom stereocenters. The Balaban J connectivity index is 2.10. The Bertz CT molecular complexity index is 1170. The highest BCUT2D eigenvalue weighted by Gasteiger charge is 2.33. The van der Waals surface area contributed by atoms with Crippen LogP contribution in [-0.2, 0) is 6.18 Å². The van der Waals surface area contributed by atoms with Crippen molar-refractivity contribution in [3.05, 3.63) is 84.3 Å². The van der Waals surface area contributed by atoms with Crippen molar-refractivity contribution in [2.24, 2.45) is 0 Å². The number of halogens is 4. The Hall–Kier alpha value is -3.41. The standard InChI is InChI=1S/C22H13F4NO/c23-15-9-7-13(8-10-15)18-12-27-21-17(5-2-6-19(21)22(24,25)26)20(18)14-3-1-4-16(28)11-14/h1-12,28H. The van der Waals surface area contributed by atoms with E-state index < -0.39 is 17.6 Å². The number of rotatable bonds is 2. The number of hydrogen-bond donors (Lipinski definition) is 1. The second-order valence-electron chi connectivity index (χ2n) is 6.30. The third-order valence-electron chi connectivity index (χ3n) is 4.49. The van der Waals surface area contributed by atoms with Gasteiger partial charge in [0.2, 0.25) is 0 Å². The van der Waals surface area contributed by atoms with Crippen LogP contribution in [0.3, 0.4) is 0 Å². The number of alkyl halides is 3. The van der Waals surface area contributed by atoms with Crippen molar-refractivity contribution in [1.29, 1.82) is 0 Å². The van der Waals surface area contributed by atoms with Gasteiger partial charge in [0.05, 0.1) is 11.1 Å². The minimum absolute atomic E-state index is 0.0144. The van der Waals surface area contributed by atoms with E-state index in [0.717, 1.165) is 6.07 Å². The van der Waals surface area contributed by atoms with Crippen LogP contribution in [0.4, 0.5) is 17.6 Å². The fourth-order valence-electron chi connectivity index (χ4n) is 3.27. The van der Waals surface area contributed by atoms with Crippen LogP contribution in [0.15, 0.2) is 72.9 Å². The van der Waals surface area contributed by atoms with Gasteiger partial charge in [-0.1, -0.05) is 36.4 Å². The van der Waals surface area contributed by atoms with Crippen molar-refractivity contribution < 1.29 is 22.7 Å². The highest BCUT2D eigenvalue weighted by atomic mass is 19.4. The number of pyridine rings is 1. The number of aromatic nitrogens is 1. The molecule has 28 heavy (non-hydrogen) atoms. The molecule has 3 aromatic carbocycles. The summed E-state index contributed by atoms with van der Waals surface area (Å²) in [6.07, 6.45) is -3.20. The maximum absolute atomic E-state index is 13.5. The maximum atomic E-state index is 13.5. The van der Waals surface area contributed by atoms with Crippen LogP contribution in [0, 0.1) is 5.82 Å². The number of benzene rings is 3. The number of phenols is 1. The van der Waals surface area contributed by atoms with E-state index in [1.807, 2.05) is 0 Å². The number of para-hydroxylation sites is 1. The van der Waals surface area contributed by atoms with Crippen molar-refractivity contribution in [1.82, 2.24) is 4.98 Å². The Kier molecular flexibility index (Phi) is 4.26. The van der Waals surface area contributed by atoms with E-state index in [2.05, 4.69) is 4.98 Å². The quantitative estimate of drug-likeness (QED) is 0.405. The fraction of sp³-hybridized carbons (Fsp3) is 0.0455. The minimum atomic E-state index is -4.56. The van der Waals surface area contributed by atoms with Crippen LogP contribution in [-0.4, -0.2) is 10.1 Å². The van der Waals surface area contributed by atoms with E-state index in [1.165, 1.54) is 48.7 Å². The van der Waals surface area contributed by atoms with Crippen LogP contribution < -0.4 is 0 Å². The summed E-state index contributed by atoms with van der Waals surface area (Å²) in [5.74, 6) is -0.435. The number of phenolic OH excluding ortho intramolecular Hbond substituents is 1. The normalized spacial score (nSPS) is 11.7. The lowest BCUT2D eigenvalue weighted by Gasteiger charge is -2.16. The van der Waals surface area contributed by atoms with Crippen molar-refractivity contribution in [2.75, 3.05) is 0 Å². The highest BCUT2D eigenvalue weighted by molar-refractivity contribution is 6.03. The van der Waals surface area contributed by atoms with Crippen LogP contribution in [0.2, 0.25) is 0 Å². The number of aromatic hydroxyl groups is 1. The molecular formula is C22H13F4NO. The maximum Gasteiger partial charge on any atom is 0.418 e. The zero-order valence-corrected chi connectivity index (χ0v) is 14.3. The first kappa shape index (κ1) is 18.0. The molecule has 6 heteroatoms. The van der Waals surface area contributed by atoms with E-state index in [1.54, 1.807) is 18.2 Å². The van der Waals surface area contributed by atoms with Gasteiger partial charge in [-0.25, -0.2) is 4.39 Å². The summed E-state index contributed by atoms with van der Waals surface area (Å²) in [5, 5.41) is 10.2. The van der Waals surface area contributed by atoms with Gasteiger partial charge in [0.1, 0.15) is 11.6 Å². The lowest BCUT2D eigenvalue weighted by molar-refractivity contribution is -0.136. The summed E-state index contributed by atoms with van der Waals surface area (Å²) >= 11 is 0. The van der Waals surface area contributed by atoms with E-state index >= 15 is 0 Å². The van der Waals surface area contributed by atoms with Crippen molar-refractivity contribution in [2.45, 2.75) is 6.18 Å². The Labute approximate surface area is 157 Å². The molecule has 0 bridgehead atoms. The molecule has 1 aromatic heterocycles. The zero-order valence-electron chi connectivity index (χ0n) is 14.3. The minimum Gasteiger partial charge on any atom is -0.508 e. The summed E-state index contributed by atoms with van der Waals surface area (Å²) < 4.78 is 53.7. The first-order valence-electron chi connectivity index (χ1n) is 8.39. The van der Waals surface area contributed by atoms with Crippen molar-refractivity contribution in [3.8, 4) is 28.0 Å². The van der Waals surface area contributed by atoms with E-state index in [9.17, 15) is 22.7 Å². The predicted molar refractivity (Wildman–Crippen MR) is 99.2 cm³/mol. The molecule has 4 aromatic rings. The van der Waals surface area contributed by atoms with Gasteiger partial charge in [0, 0.05) is 22.7 Å². The molecule has 0 amide bonds. The lowest BCUT2D eigenvalue weighted by atomic mass is 9.91. The molecule has 0 fully saturated rings. The average Bonchev–Trinajstić information content (AvgIpc) is 2.66. The molecule has 140 valence electrons.